The van der Waals surface area contributed by atoms with Crippen molar-refractivity contribution in [2.24, 2.45) is 0 Å². The summed E-state index contributed by atoms with van der Waals surface area (Å²) in [6, 6.07) is 16.5. The van der Waals surface area contributed by atoms with E-state index in [1.54, 1.807) is 25.3 Å². The fourth-order valence-electron chi connectivity index (χ4n) is 2.39. The lowest BCUT2D eigenvalue weighted by Gasteiger charge is -2.09. The molecule has 3 rings (SSSR count). The van der Waals surface area contributed by atoms with E-state index in [4.69, 9.17) is 14.0 Å². The summed E-state index contributed by atoms with van der Waals surface area (Å²) < 4.78 is 15.7. The van der Waals surface area contributed by atoms with Gasteiger partial charge in [0.05, 0.1) is 20.8 Å². The van der Waals surface area contributed by atoms with Gasteiger partial charge in [-0.3, -0.25) is 4.79 Å². The molecule has 0 bridgehead atoms. The molecule has 0 fully saturated rings. The Morgan fingerprint density at radius 2 is 1.80 bits per heavy atom. The van der Waals surface area contributed by atoms with Crippen LogP contribution in [0.5, 0.6) is 11.5 Å². The van der Waals surface area contributed by atoms with Crippen molar-refractivity contribution < 1.29 is 18.8 Å². The molecular weight excluding hydrogens is 320 g/mol. The van der Waals surface area contributed by atoms with Gasteiger partial charge in [-0.25, -0.2) is 0 Å². The maximum Gasteiger partial charge on any atom is 0.251 e. The molecule has 3 aromatic rings. The Morgan fingerprint density at radius 1 is 1.04 bits per heavy atom. The van der Waals surface area contributed by atoms with Crippen LogP contribution >= 0.6 is 0 Å². The lowest BCUT2D eigenvalue weighted by molar-refractivity contribution is 0.0946. The minimum absolute atomic E-state index is 0.237. The Hall–Kier alpha value is -3.28. The summed E-state index contributed by atoms with van der Waals surface area (Å²) in [5.41, 5.74) is 2.17. The van der Waals surface area contributed by atoms with Crippen molar-refractivity contribution in [3.8, 4) is 22.8 Å². The molecule has 0 atom stereocenters. The van der Waals surface area contributed by atoms with Gasteiger partial charge >= 0.3 is 0 Å². The van der Waals surface area contributed by atoms with Crippen LogP contribution in [0.4, 0.5) is 0 Å². The van der Waals surface area contributed by atoms with Crippen LogP contribution in [0.25, 0.3) is 11.3 Å². The molecule has 0 saturated heterocycles. The monoisotopic (exact) mass is 338 g/mol. The molecule has 2 aromatic carbocycles. The van der Waals surface area contributed by atoms with E-state index < -0.39 is 0 Å². The number of benzene rings is 2. The van der Waals surface area contributed by atoms with Gasteiger partial charge in [-0.1, -0.05) is 35.5 Å². The Kier molecular flexibility index (Phi) is 4.99. The highest BCUT2D eigenvalue weighted by atomic mass is 16.5. The molecule has 0 aliphatic heterocycles. The molecule has 0 saturated carbocycles. The van der Waals surface area contributed by atoms with E-state index in [1.165, 1.54) is 7.11 Å². The van der Waals surface area contributed by atoms with Gasteiger partial charge < -0.3 is 19.3 Å². The lowest BCUT2D eigenvalue weighted by atomic mass is 10.1. The van der Waals surface area contributed by atoms with Crippen LogP contribution in [-0.2, 0) is 6.54 Å². The second-order valence-corrected chi connectivity index (χ2v) is 5.30. The van der Waals surface area contributed by atoms with Crippen LogP contribution in [0, 0.1) is 0 Å². The van der Waals surface area contributed by atoms with Crippen molar-refractivity contribution in [1.29, 1.82) is 0 Å². The summed E-state index contributed by atoms with van der Waals surface area (Å²) in [6.07, 6.45) is 0. The molecule has 0 spiro atoms. The molecule has 1 amide bonds. The summed E-state index contributed by atoms with van der Waals surface area (Å²) in [6.45, 7) is 0.243. The van der Waals surface area contributed by atoms with E-state index >= 15 is 0 Å². The molecule has 6 nitrogen and oxygen atoms in total. The van der Waals surface area contributed by atoms with Crippen molar-refractivity contribution in [3.05, 3.63) is 65.9 Å². The van der Waals surface area contributed by atoms with E-state index in [0.29, 0.717) is 22.8 Å². The first kappa shape index (κ1) is 16.6. The van der Waals surface area contributed by atoms with E-state index in [-0.39, 0.29) is 12.5 Å². The summed E-state index contributed by atoms with van der Waals surface area (Å²) in [5, 5.41) is 6.82. The van der Waals surface area contributed by atoms with Crippen LogP contribution in [0.1, 0.15) is 16.1 Å². The number of ether oxygens (including phenoxy) is 2. The Morgan fingerprint density at radius 3 is 2.52 bits per heavy atom. The fourth-order valence-corrected chi connectivity index (χ4v) is 2.39. The number of carbonyl (C=O) groups excluding carboxylic acids is 1. The van der Waals surface area contributed by atoms with E-state index in [1.807, 2.05) is 36.4 Å². The van der Waals surface area contributed by atoms with Crippen LogP contribution < -0.4 is 14.8 Å². The van der Waals surface area contributed by atoms with Crippen molar-refractivity contribution in [3.63, 3.8) is 0 Å². The molecule has 0 aliphatic carbocycles. The minimum Gasteiger partial charge on any atom is -0.493 e. The van der Waals surface area contributed by atoms with E-state index in [0.717, 1.165) is 11.3 Å². The Balaban J connectivity index is 1.66. The second kappa shape index (κ2) is 7.53. The predicted molar refractivity (Wildman–Crippen MR) is 92.7 cm³/mol. The number of nitrogens with zero attached hydrogens (tertiary/aromatic N) is 1. The fraction of sp³-hybridized carbons (Fsp3) is 0.158. The highest BCUT2D eigenvalue weighted by Crippen LogP contribution is 2.27. The molecular formula is C19H18N2O4. The molecule has 0 unspecified atom stereocenters. The van der Waals surface area contributed by atoms with Crippen molar-refractivity contribution in [2.75, 3.05) is 14.2 Å². The van der Waals surface area contributed by atoms with E-state index in [2.05, 4.69) is 10.5 Å². The van der Waals surface area contributed by atoms with Gasteiger partial charge in [0, 0.05) is 17.2 Å². The smallest absolute Gasteiger partial charge is 0.251 e. The zero-order chi connectivity index (χ0) is 17.6. The van der Waals surface area contributed by atoms with Gasteiger partial charge in [-0.05, 0) is 18.2 Å². The molecule has 0 radical (unpaired) electrons. The van der Waals surface area contributed by atoms with Crippen LogP contribution in [0.15, 0.2) is 59.1 Å². The molecule has 128 valence electrons. The summed E-state index contributed by atoms with van der Waals surface area (Å²) in [7, 11) is 3.07. The number of aromatic nitrogens is 1. The van der Waals surface area contributed by atoms with Crippen LogP contribution in [-0.4, -0.2) is 25.3 Å². The lowest BCUT2D eigenvalue weighted by Crippen LogP contribution is -2.22. The van der Waals surface area contributed by atoms with Crippen LogP contribution in [0.3, 0.4) is 0 Å². The molecule has 25 heavy (non-hydrogen) atoms. The summed E-state index contributed by atoms with van der Waals surface area (Å²) in [4.78, 5) is 12.3. The quantitative estimate of drug-likeness (QED) is 0.746. The molecule has 1 heterocycles. The van der Waals surface area contributed by atoms with Crippen molar-refractivity contribution in [2.45, 2.75) is 6.54 Å². The Labute approximate surface area is 145 Å². The number of hydrogen-bond donors (Lipinski definition) is 1. The van der Waals surface area contributed by atoms with Gasteiger partial charge in [-0.2, -0.15) is 0 Å². The first-order valence-electron chi connectivity index (χ1n) is 7.72. The first-order valence-corrected chi connectivity index (χ1v) is 7.72. The molecule has 6 heteroatoms. The predicted octanol–water partition coefficient (Wildman–Crippen LogP) is 3.29. The number of rotatable bonds is 6. The summed E-state index contributed by atoms with van der Waals surface area (Å²) in [5.74, 6) is 1.41. The maximum absolute atomic E-state index is 12.3. The van der Waals surface area contributed by atoms with Crippen LogP contribution in [0.2, 0.25) is 0 Å². The third-order valence-corrected chi connectivity index (χ3v) is 3.70. The molecule has 1 N–H and O–H groups in total. The highest BCUT2D eigenvalue weighted by molar-refractivity contribution is 5.94. The first-order chi connectivity index (χ1) is 12.2. The summed E-state index contributed by atoms with van der Waals surface area (Å²) >= 11 is 0. The highest BCUT2D eigenvalue weighted by Gasteiger charge is 2.12. The minimum atomic E-state index is -0.237. The number of hydrogen-bond acceptors (Lipinski definition) is 5. The van der Waals surface area contributed by atoms with Crippen molar-refractivity contribution >= 4 is 5.91 Å². The second-order valence-electron chi connectivity index (χ2n) is 5.30. The van der Waals surface area contributed by atoms with Gasteiger partial charge in [0.1, 0.15) is 5.69 Å². The number of amides is 1. The molecule has 0 aliphatic rings. The number of methoxy groups -OCH3 is 2. The average molecular weight is 338 g/mol. The largest absolute Gasteiger partial charge is 0.493 e. The number of nitrogens with one attached hydrogen (secondary N) is 1. The Bertz CT molecular complexity index is 859. The third-order valence-electron chi connectivity index (χ3n) is 3.70. The normalized spacial score (nSPS) is 10.3. The van der Waals surface area contributed by atoms with Gasteiger partial charge in [0.15, 0.2) is 17.3 Å². The third kappa shape index (κ3) is 3.80. The SMILES string of the molecule is COc1ccc(C(=O)NCc2cc(-c3ccccc3)no2)cc1OC. The van der Waals surface area contributed by atoms with Gasteiger partial charge in [-0.15, -0.1) is 0 Å². The van der Waals surface area contributed by atoms with E-state index in [9.17, 15) is 4.79 Å². The van der Waals surface area contributed by atoms with Crippen molar-refractivity contribution in [1.82, 2.24) is 10.5 Å². The average Bonchev–Trinajstić information content (AvgIpc) is 3.15. The van der Waals surface area contributed by atoms with Gasteiger partial charge in [0.25, 0.3) is 5.91 Å². The topological polar surface area (TPSA) is 73.6 Å². The number of carbonyl (C=O) groups is 1. The zero-order valence-corrected chi connectivity index (χ0v) is 14.0. The van der Waals surface area contributed by atoms with Gasteiger partial charge in [0.2, 0.25) is 0 Å². The molecule has 1 aromatic heterocycles. The zero-order valence-electron chi connectivity index (χ0n) is 14.0. The standard InChI is InChI=1S/C19H18N2O4/c1-23-17-9-8-14(10-18(17)24-2)19(22)20-12-15-11-16(21-25-15)13-6-4-3-5-7-13/h3-11H,12H2,1-2H3,(H,20,22). The maximum atomic E-state index is 12.3.